The van der Waals surface area contributed by atoms with E-state index in [0.29, 0.717) is 5.56 Å². The van der Waals surface area contributed by atoms with Crippen LogP contribution in [0, 0.1) is 0 Å². The third kappa shape index (κ3) is 10.2. The van der Waals surface area contributed by atoms with Crippen molar-refractivity contribution in [2.45, 2.75) is 37.5 Å². The molecular weight excluding hydrogens is 561 g/mol. The molecule has 15 heteroatoms. The summed E-state index contributed by atoms with van der Waals surface area (Å²) in [5, 5.41) is 6.71. The standard InChI is InChI=1S/C24H25F3N4O6S2/c1-37-23(33)30-19(11-15-5-3-2-4-6-15)21(32)29-20(22-28-18(14-38-22)13-24(25,26)27)12-16-7-9-17(10-8-16)31-39(34,35)36/h2-10,14,19-20,31H,11-13H2,1H3,(H,29,32)(H,30,33)(H,34,35,36)/t19-,20-/m0/s1. The number of ether oxygens (including phenoxy) is 1. The van der Waals surface area contributed by atoms with E-state index in [9.17, 15) is 31.2 Å². The van der Waals surface area contributed by atoms with Crippen molar-refractivity contribution in [3.05, 3.63) is 81.8 Å². The molecule has 0 spiro atoms. The number of rotatable bonds is 11. The van der Waals surface area contributed by atoms with Gasteiger partial charge in [0.15, 0.2) is 0 Å². The van der Waals surface area contributed by atoms with Gasteiger partial charge >= 0.3 is 22.6 Å². The zero-order valence-electron chi connectivity index (χ0n) is 20.4. The summed E-state index contributed by atoms with van der Waals surface area (Å²) in [4.78, 5) is 29.3. The summed E-state index contributed by atoms with van der Waals surface area (Å²) in [6.07, 6.45) is -6.35. The van der Waals surface area contributed by atoms with Crippen LogP contribution in [0.5, 0.6) is 0 Å². The molecule has 39 heavy (non-hydrogen) atoms. The predicted molar refractivity (Wildman–Crippen MR) is 138 cm³/mol. The molecule has 0 bridgehead atoms. The second kappa shape index (κ2) is 12.9. The summed E-state index contributed by atoms with van der Waals surface area (Å²) in [7, 11) is -3.34. The number of benzene rings is 2. The van der Waals surface area contributed by atoms with Crippen molar-refractivity contribution in [2.75, 3.05) is 11.8 Å². The predicted octanol–water partition coefficient (Wildman–Crippen LogP) is 3.83. The van der Waals surface area contributed by atoms with Crippen molar-refractivity contribution in [3.8, 4) is 0 Å². The lowest BCUT2D eigenvalue weighted by atomic mass is 10.0. The molecular formula is C24H25F3N4O6S2. The Labute approximate surface area is 226 Å². The van der Waals surface area contributed by atoms with Crippen molar-refractivity contribution in [1.82, 2.24) is 15.6 Å². The smallest absolute Gasteiger partial charge is 0.407 e. The van der Waals surface area contributed by atoms with E-state index in [4.69, 9.17) is 4.55 Å². The molecule has 0 unspecified atom stereocenters. The van der Waals surface area contributed by atoms with Gasteiger partial charge in [0.25, 0.3) is 0 Å². The first-order valence-electron chi connectivity index (χ1n) is 11.4. The van der Waals surface area contributed by atoms with Gasteiger partial charge in [-0.15, -0.1) is 11.3 Å². The maximum Gasteiger partial charge on any atom is 0.407 e. The van der Waals surface area contributed by atoms with Gasteiger partial charge in [0.1, 0.15) is 11.0 Å². The number of carbonyl (C=O) groups is 2. The molecule has 3 aromatic rings. The minimum absolute atomic E-state index is 0.0765. The summed E-state index contributed by atoms with van der Waals surface area (Å²) in [5.41, 5.74) is 1.19. The lowest BCUT2D eigenvalue weighted by molar-refractivity contribution is -0.128. The van der Waals surface area contributed by atoms with E-state index in [1.165, 1.54) is 29.6 Å². The van der Waals surface area contributed by atoms with E-state index >= 15 is 0 Å². The number of nitrogens with zero attached hydrogens (tertiary/aromatic N) is 1. The van der Waals surface area contributed by atoms with Gasteiger partial charge < -0.3 is 15.4 Å². The summed E-state index contributed by atoms with van der Waals surface area (Å²) >= 11 is 0.942. The molecule has 0 saturated carbocycles. The van der Waals surface area contributed by atoms with Crippen molar-refractivity contribution in [1.29, 1.82) is 0 Å². The van der Waals surface area contributed by atoms with Crippen LogP contribution in [0.3, 0.4) is 0 Å². The number of alkyl carbamates (subject to hydrolysis) is 1. The molecule has 0 aliphatic carbocycles. The molecule has 210 valence electrons. The van der Waals surface area contributed by atoms with Crippen LogP contribution in [0.2, 0.25) is 0 Å². The van der Waals surface area contributed by atoms with E-state index in [2.05, 4.69) is 20.4 Å². The maximum absolute atomic E-state index is 13.3. The Morgan fingerprint density at radius 1 is 1.03 bits per heavy atom. The van der Waals surface area contributed by atoms with Crippen LogP contribution in [0.4, 0.5) is 23.7 Å². The number of aromatic nitrogens is 1. The topological polar surface area (TPSA) is 147 Å². The summed E-state index contributed by atoms with van der Waals surface area (Å²) in [5.74, 6) is -0.619. The Morgan fingerprint density at radius 3 is 2.26 bits per heavy atom. The molecule has 2 amide bonds. The van der Waals surface area contributed by atoms with Gasteiger partial charge in [-0.25, -0.2) is 9.78 Å². The largest absolute Gasteiger partial charge is 0.453 e. The second-order valence-electron chi connectivity index (χ2n) is 8.39. The first kappa shape index (κ1) is 29.9. The Bertz CT molecular complexity index is 1370. The lowest BCUT2D eigenvalue weighted by Crippen LogP contribution is -2.49. The van der Waals surface area contributed by atoms with Crippen LogP contribution in [-0.4, -0.2) is 49.3 Å². The molecule has 0 aliphatic heterocycles. The van der Waals surface area contributed by atoms with Gasteiger partial charge in [0.2, 0.25) is 5.91 Å². The number of halogens is 3. The van der Waals surface area contributed by atoms with Crippen molar-refractivity contribution < 1.29 is 40.5 Å². The molecule has 1 heterocycles. The summed E-state index contributed by atoms with van der Waals surface area (Å²) in [6.45, 7) is 0. The zero-order valence-corrected chi connectivity index (χ0v) is 22.1. The Hall–Kier alpha value is -3.69. The van der Waals surface area contributed by atoms with Gasteiger partial charge in [-0.1, -0.05) is 42.5 Å². The average Bonchev–Trinajstić information content (AvgIpc) is 3.30. The molecule has 3 rings (SSSR count). The number of thiazole rings is 1. The molecule has 10 nitrogen and oxygen atoms in total. The van der Waals surface area contributed by atoms with Gasteiger partial charge in [-0.2, -0.15) is 21.6 Å². The van der Waals surface area contributed by atoms with Gasteiger partial charge in [-0.3, -0.25) is 14.1 Å². The highest BCUT2D eigenvalue weighted by Crippen LogP contribution is 2.27. The molecule has 2 atom stereocenters. The number of alkyl halides is 3. The molecule has 4 N–H and O–H groups in total. The lowest BCUT2D eigenvalue weighted by Gasteiger charge is -2.22. The number of nitrogens with one attached hydrogen (secondary N) is 3. The quantitative estimate of drug-likeness (QED) is 0.250. The Morgan fingerprint density at radius 2 is 1.67 bits per heavy atom. The number of amides is 2. The van der Waals surface area contributed by atoms with E-state index in [1.54, 1.807) is 30.3 Å². The van der Waals surface area contributed by atoms with Crippen LogP contribution in [0.1, 0.15) is 27.9 Å². The number of hydrogen-bond acceptors (Lipinski definition) is 7. The highest BCUT2D eigenvalue weighted by atomic mass is 32.2. The molecule has 0 fully saturated rings. The minimum Gasteiger partial charge on any atom is -0.453 e. The molecule has 0 aliphatic rings. The van der Waals surface area contributed by atoms with Gasteiger partial charge in [0, 0.05) is 11.8 Å². The van der Waals surface area contributed by atoms with E-state index in [-0.39, 0.29) is 29.2 Å². The zero-order chi connectivity index (χ0) is 28.6. The fraction of sp³-hybridized carbons (Fsp3) is 0.292. The second-order valence-corrected chi connectivity index (χ2v) is 10.4. The van der Waals surface area contributed by atoms with E-state index in [0.717, 1.165) is 24.0 Å². The van der Waals surface area contributed by atoms with Crippen molar-refractivity contribution in [2.24, 2.45) is 0 Å². The Balaban J connectivity index is 1.86. The first-order valence-corrected chi connectivity index (χ1v) is 13.7. The van der Waals surface area contributed by atoms with Crippen LogP contribution < -0.4 is 15.4 Å². The van der Waals surface area contributed by atoms with E-state index in [1.807, 2.05) is 4.72 Å². The number of methoxy groups -OCH3 is 1. The number of hydrogen-bond donors (Lipinski definition) is 4. The third-order valence-corrected chi connectivity index (χ3v) is 6.78. The molecule has 1 aromatic heterocycles. The van der Waals surface area contributed by atoms with Crippen LogP contribution in [0.25, 0.3) is 0 Å². The fourth-order valence-electron chi connectivity index (χ4n) is 3.60. The first-order chi connectivity index (χ1) is 18.3. The monoisotopic (exact) mass is 586 g/mol. The van der Waals surface area contributed by atoms with Gasteiger partial charge in [-0.05, 0) is 29.7 Å². The normalized spacial score (nSPS) is 13.3. The Kier molecular flexibility index (Phi) is 9.88. The fourth-order valence-corrected chi connectivity index (χ4v) is 4.90. The van der Waals surface area contributed by atoms with Gasteiger partial charge in [0.05, 0.1) is 31.0 Å². The molecule has 0 saturated heterocycles. The summed E-state index contributed by atoms with van der Waals surface area (Å²) in [6, 6.07) is 12.7. The van der Waals surface area contributed by atoms with Crippen molar-refractivity contribution >= 4 is 39.3 Å². The number of carbonyl (C=O) groups excluding carboxylic acids is 2. The van der Waals surface area contributed by atoms with Crippen LogP contribution >= 0.6 is 11.3 Å². The SMILES string of the molecule is COC(=O)N[C@@H](Cc1ccccc1)C(=O)N[C@@H](Cc1ccc(NS(=O)(=O)O)cc1)c1nc(CC(F)(F)F)cs1. The minimum atomic E-state index is -4.48. The van der Waals surface area contributed by atoms with Crippen LogP contribution in [-0.2, 0) is 39.1 Å². The average molecular weight is 587 g/mol. The highest BCUT2D eigenvalue weighted by molar-refractivity contribution is 7.87. The number of anilines is 1. The van der Waals surface area contributed by atoms with E-state index < -0.39 is 47.0 Å². The molecule has 0 radical (unpaired) electrons. The third-order valence-electron chi connectivity index (χ3n) is 5.28. The highest BCUT2D eigenvalue weighted by Gasteiger charge is 2.31. The maximum atomic E-state index is 13.3. The van der Waals surface area contributed by atoms with Crippen molar-refractivity contribution in [3.63, 3.8) is 0 Å². The van der Waals surface area contributed by atoms with Crippen LogP contribution in [0.15, 0.2) is 60.0 Å². The summed E-state index contributed by atoms with van der Waals surface area (Å²) < 4.78 is 76.3. The molecule has 2 aromatic carbocycles.